The molecule has 48 heavy (non-hydrogen) atoms. The highest BCUT2D eigenvalue weighted by Crippen LogP contribution is 2.59. The van der Waals surface area contributed by atoms with Crippen LogP contribution in [0.1, 0.15) is 56.3 Å². The molecule has 2 aromatic carbocycles. The maximum absolute atomic E-state index is 14.5. The van der Waals surface area contributed by atoms with E-state index in [2.05, 4.69) is 13.2 Å². The van der Waals surface area contributed by atoms with Crippen LogP contribution in [0, 0.1) is 11.8 Å². The van der Waals surface area contributed by atoms with Gasteiger partial charge in [0.25, 0.3) is 0 Å². The fourth-order valence-corrected chi connectivity index (χ4v) is 7.67. The second-order valence-corrected chi connectivity index (χ2v) is 13.0. The van der Waals surface area contributed by atoms with Gasteiger partial charge in [-0.1, -0.05) is 72.8 Å². The third-order valence-electron chi connectivity index (χ3n) is 10.1. The maximum atomic E-state index is 14.5. The molecule has 3 saturated heterocycles. The molecule has 0 unspecified atom stereocenters. The largest absolute Gasteiger partial charge is 0.455 e. The van der Waals surface area contributed by atoms with Gasteiger partial charge in [0.1, 0.15) is 17.7 Å². The third kappa shape index (κ3) is 6.69. The number of nitrogens with zero attached hydrogens (tertiary/aromatic N) is 3. The molecule has 2 bridgehead atoms. The molecule has 7 atom stereocenters. The van der Waals surface area contributed by atoms with Gasteiger partial charge >= 0.3 is 5.97 Å². The van der Waals surface area contributed by atoms with Crippen molar-refractivity contribution >= 4 is 23.7 Å². The van der Waals surface area contributed by atoms with Crippen molar-refractivity contribution in [2.75, 3.05) is 26.7 Å². The number of carbonyl (C=O) groups is 4. The number of carbonyl (C=O) groups excluding carboxylic acids is 4. The molecule has 1 N–H and O–H groups in total. The summed E-state index contributed by atoms with van der Waals surface area (Å²) >= 11 is 0. The molecular weight excluding hydrogens is 610 g/mol. The molecule has 5 rings (SSSR count). The minimum atomic E-state index is -1.21. The van der Waals surface area contributed by atoms with Crippen LogP contribution in [0.3, 0.4) is 0 Å². The van der Waals surface area contributed by atoms with Crippen molar-refractivity contribution < 1.29 is 33.8 Å². The number of hydrogen-bond donors (Lipinski definition) is 1. The number of benzene rings is 2. The van der Waals surface area contributed by atoms with Crippen molar-refractivity contribution in [3.63, 3.8) is 0 Å². The van der Waals surface area contributed by atoms with Crippen LogP contribution in [-0.4, -0.2) is 94.0 Å². The first-order chi connectivity index (χ1) is 23.2. The second kappa shape index (κ2) is 15.3. The number of fused-ring (bicyclic) bond motifs is 1. The second-order valence-electron chi connectivity index (χ2n) is 13.0. The van der Waals surface area contributed by atoms with Crippen LogP contribution < -0.4 is 0 Å². The summed E-state index contributed by atoms with van der Waals surface area (Å²) < 4.78 is 12.9. The molecule has 3 heterocycles. The lowest BCUT2D eigenvalue weighted by atomic mass is 9.70. The van der Waals surface area contributed by atoms with Gasteiger partial charge in [0.15, 0.2) is 0 Å². The van der Waals surface area contributed by atoms with E-state index in [4.69, 9.17) is 9.47 Å². The van der Waals surface area contributed by atoms with E-state index in [1.165, 1.54) is 4.90 Å². The normalized spacial score (nSPS) is 25.2. The van der Waals surface area contributed by atoms with Gasteiger partial charge in [0, 0.05) is 39.7 Å². The standard InChI is InChI=1S/C38H47N3O7/c1-5-7-19-30(43)39(4)26(3)33(28-17-12-9-13-18-28)47-37(46)31-29-20-21-38(48-29)32(31)35(44)41(23-14-24-42)34(38)36(45)40(22-6-2)25-27-15-10-8-11-16-27/h5-6,8-13,15-18,26,29,31-34,42H,1-2,7,14,19-25H2,3-4H3/t26-,29-,31+,32+,33+,34-,38+/m0/s1. The van der Waals surface area contributed by atoms with Crippen LogP contribution >= 0.6 is 0 Å². The zero-order valence-corrected chi connectivity index (χ0v) is 27.9. The molecule has 3 fully saturated rings. The van der Waals surface area contributed by atoms with Crippen LogP contribution in [0.15, 0.2) is 86.0 Å². The molecule has 10 nitrogen and oxygen atoms in total. The van der Waals surface area contributed by atoms with E-state index in [0.29, 0.717) is 25.8 Å². The van der Waals surface area contributed by atoms with Gasteiger partial charge in [0.2, 0.25) is 17.7 Å². The van der Waals surface area contributed by atoms with E-state index in [1.807, 2.05) is 67.6 Å². The molecule has 256 valence electrons. The molecule has 2 aromatic rings. The quantitative estimate of drug-likeness (QED) is 0.214. The fourth-order valence-electron chi connectivity index (χ4n) is 7.67. The van der Waals surface area contributed by atoms with E-state index < -0.39 is 47.7 Å². The summed E-state index contributed by atoms with van der Waals surface area (Å²) in [6.07, 6.45) is 3.96. The number of aliphatic hydroxyl groups excluding tert-OH is 1. The molecule has 0 radical (unpaired) electrons. The molecule has 1 spiro atoms. The predicted molar refractivity (Wildman–Crippen MR) is 180 cm³/mol. The van der Waals surface area contributed by atoms with Gasteiger partial charge in [-0.25, -0.2) is 0 Å². The molecule has 3 amide bonds. The molecule has 3 aliphatic heterocycles. The van der Waals surface area contributed by atoms with E-state index in [1.54, 1.807) is 29.0 Å². The highest BCUT2D eigenvalue weighted by atomic mass is 16.6. The van der Waals surface area contributed by atoms with Crippen molar-refractivity contribution in [1.82, 2.24) is 14.7 Å². The Morgan fingerprint density at radius 1 is 1.10 bits per heavy atom. The van der Waals surface area contributed by atoms with Gasteiger partial charge in [-0.15, -0.1) is 13.2 Å². The Hall–Kier alpha value is -4.28. The summed E-state index contributed by atoms with van der Waals surface area (Å²) in [6.45, 7) is 9.96. The van der Waals surface area contributed by atoms with Crippen molar-refractivity contribution in [3.05, 3.63) is 97.1 Å². The Bertz CT molecular complexity index is 1480. The summed E-state index contributed by atoms with van der Waals surface area (Å²) in [4.78, 5) is 60.9. The summed E-state index contributed by atoms with van der Waals surface area (Å²) in [5.74, 6) is -3.16. The molecule has 0 aliphatic carbocycles. The summed E-state index contributed by atoms with van der Waals surface area (Å²) in [7, 11) is 1.69. The smallest absolute Gasteiger partial charge is 0.313 e. The van der Waals surface area contributed by atoms with Gasteiger partial charge in [-0.05, 0) is 43.7 Å². The first-order valence-electron chi connectivity index (χ1n) is 16.8. The Balaban J connectivity index is 1.45. The maximum Gasteiger partial charge on any atom is 0.313 e. The number of ether oxygens (including phenoxy) is 2. The Morgan fingerprint density at radius 3 is 2.44 bits per heavy atom. The van der Waals surface area contributed by atoms with Crippen LogP contribution in [0.4, 0.5) is 0 Å². The van der Waals surface area contributed by atoms with E-state index in [0.717, 1.165) is 11.1 Å². The third-order valence-corrected chi connectivity index (χ3v) is 10.1. The summed E-state index contributed by atoms with van der Waals surface area (Å²) in [6, 6.07) is 17.4. The minimum Gasteiger partial charge on any atom is -0.455 e. The number of likely N-dealkylation sites (N-methyl/N-ethyl adjacent to an activating group) is 1. The van der Waals surface area contributed by atoms with Gasteiger partial charge in [-0.3, -0.25) is 19.2 Å². The van der Waals surface area contributed by atoms with Crippen molar-refractivity contribution in [2.24, 2.45) is 11.8 Å². The topological polar surface area (TPSA) is 117 Å². The first-order valence-corrected chi connectivity index (χ1v) is 16.8. The average molecular weight is 658 g/mol. The average Bonchev–Trinajstić information content (AvgIpc) is 3.75. The minimum absolute atomic E-state index is 0.104. The van der Waals surface area contributed by atoms with Crippen LogP contribution in [0.2, 0.25) is 0 Å². The molecule has 0 saturated carbocycles. The SMILES string of the molecule is C=CCCC(=O)N(C)[C@@H](C)[C@@H](OC(=O)[C@@H]1[C@@H]2CC[C@]3(O2)[C@H](C(=O)N(CC=C)Cc2ccccc2)N(CCCO)C(=O)[C@@H]13)c1ccccc1. The summed E-state index contributed by atoms with van der Waals surface area (Å²) in [5, 5.41) is 9.70. The highest BCUT2D eigenvalue weighted by Gasteiger charge is 2.75. The molecule has 0 aromatic heterocycles. The van der Waals surface area contributed by atoms with Crippen LogP contribution in [-0.2, 0) is 35.2 Å². The Labute approximate surface area is 283 Å². The Kier molecular flexibility index (Phi) is 11.2. The highest BCUT2D eigenvalue weighted by molar-refractivity contribution is 5.98. The number of likely N-dealkylation sites (tertiary alicyclic amines) is 1. The number of amides is 3. The lowest BCUT2D eigenvalue weighted by molar-refractivity contribution is -0.164. The number of esters is 1. The van der Waals surface area contributed by atoms with E-state index in [9.17, 15) is 24.3 Å². The van der Waals surface area contributed by atoms with E-state index in [-0.39, 0.29) is 50.3 Å². The van der Waals surface area contributed by atoms with E-state index >= 15 is 0 Å². The monoisotopic (exact) mass is 657 g/mol. The zero-order valence-electron chi connectivity index (χ0n) is 27.9. The molecule has 10 heteroatoms. The summed E-state index contributed by atoms with van der Waals surface area (Å²) in [5.41, 5.74) is 0.441. The number of allylic oxidation sites excluding steroid dienone is 1. The van der Waals surface area contributed by atoms with Gasteiger partial charge in [-0.2, -0.15) is 0 Å². The van der Waals surface area contributed by atoms with Crippen molar-refractivity contribution in [2.45, 2.75) is 75.5 Å². The first kappa shape index (κ1) is 35.0. The number of rotatable bonds is 16. The van der Waals surface area contributed by atoms with Crippen LogP contribution in [0.5, 0.6) is 0 Å². The lowest BCUT2D eigenvalue weighted by Crippen LogP contribution is -2.56. The zero-order chi connectivity index (χ0) is 34.4. The number of aliphatic hydroxyl groups is 1. The fraction of sp³-hybridized carbons (Fsp3) is 0.474. The van der Waals surface area contributed by atoms with Crippen molar-refractivity contribution in [1.29, 1.82) is 0 Å². The van der Waals surface area contributed by atoms with Gasteiger partial charge in [0.05, 0.1) is 24.0 Å². The lowest BCUT2D eigenvalue weighted by Gasteiger charge is -2.37. The van der Waals surface area contributed by atoms with Crippen molar-refractivity contribution in [3.8, 4) is 0 Å². The molecule has 3 aliphatic rings. The van der Waals surface area contributed by atoms with Gasteiger partial charge < -0.3 is 29.3 Å². The predicted octanol–water partition coefficient (Wildman–Crippen LogP) is 4.06. The van der Waals surface area contributed by atoms with Crippen LogP contribution in [0.25, 0.3) is 0 Å². The molecular formula is C38H47N3O7. The Morgan fingerprint density at radius 2 is 1.79 bits per heavy atom. The number of hydrogen-bond acceptors (Lipinski definition) is 7.